The van der Waals surface area contributed by atoms with Crippen molar-refractivity contribution < 1.29 is 33.3 Å². The van der Waals surface area contributed by atoms with E-state index in [9.17, 15) is 9.59 Å². The highest BCUT2D eigenvalue weighted by molar-refractivity contribution is 6.35. The molecule has 8 heteroatoms. The number of fused-ring (bicyclic) bond motifs is 3. The maximum Gasteiger partial charge on any atom is 0.252 e. The average Bonchev–Trinajstić information content (AvgIpc) is 3.28. The third kappa shape index (κ3) is 1.73. The van der Waals surface area contributed by atoms with Crippen molar-refractivity contribution in [3.8, 4) is 17.2 Å². The molecule has 4 atom stereocenters. The molecule has 0 aromatic heterocycles. The van der Waals surface area contributed by atoms with Crippen LogP contribution in [0.1, 0.15) is 23.7 Å². The first-order valence-electron chi connectivity index (χ1n) is 7.81. The van der Waals surface area contributed by atoms with Crippen LogP contribution in [-0.2, 0) is 14.3 Å². The Balaban J connectivity index is 1.94. The summed E-state index contributed by atoms with van der Waals surface area (Å²) in [5, 5.41) is 0.163. The minimum Gasteiger partial charge on any atom is -0.496 e. The van der Waals surface area contributed by atoms with Gasteiger partial charge in [-0.1, -0.05) is 18.5 Å². The Morgan fingerprint density at radius 2 is 1.88 bits per heavy atom. The number of ketones is 2. The first kappa shape index (κ1) is 16.6. The molecule has 2 aliphatic heterocycles. The summed E-state index contributed by atoms with van der Waals surface area (Å²) in [5.41, 5.74) is -1.29. The first-order valence-corrected chi connectivity index (χ1v) is 8.19. The third-order valence-electron chi connectivity index (χ3n) is 5.31. The second-order valence-electron chi connectivity index (χ2n) is 6.41. The summed E-state index contributed by atoms with van der Waals surface area (Å²) in [4.78, 5) is 25.6. The number of carbonyl (C=O) groups is 2. The molecule has 1 aromatic carbocycles. The molecule has 1 saturated heterocycles. The summed E-state index contributed by atoms with van der Waals surface area (Å²) in [6, 6.07) is 1.53. The molecule has 25 heavy (non-hydrogen) atoms. The van der Waals surface area contributed by atoms with E-state index in [-0.39, 0.29) is 40.1 Å². The van der Waals surface area contributed by atoms with Crippen LogP contribution in [-0.4, -0.2) is 50.4 Å². The molecule has 1 saturated carbocycles. The number of rotatable bonds is 3. The number of benzene rings is 1. The first-order chi connectivity index (χ1) is 11.9. The van der Waals surface area contributed by atoms with E-state index < -0.39 is 23.4 Å². The summed E-state index contributed by atoms with van der Waals surface area (Å²) in [6.45, 7) is 1.76. The van der Waals surface area contributed by atoms with Gasteiger partial charge in [-0.25, -0.2) is 0 Å². The second-order valence-corrected chi connectivity index (χ2v) is 6.78. The number of methoxy groups -OCH3 is 3. The van der Waals surface area contributed by atoms with Gasteiger partial charge in [-0.2, -0.15) is 0 Å². The lowest BCUT2D eigenvalue weighted by Crippen LogP contribution is -2.63. The number of hydrogen-bond acceptors (Lipinski definition) is 7. The Labute approximate surface area is 149 Å². The lowest BCUT2D eigenvalue weighted by Gasteiger charge is -2.39. The molecule has 0 radical (unpaired) electrons. The van der Waals surface area contributed by atoms with E-state index in [0.717, 1.165) is 0 Å². The molecule has 1 aromatic rings. The number of Topliss-reactive ketones (excluding diaryl/α,β-unsaturated/α-hetero) is 2. The van der Waals surface area contributed by atoms with E-state index >= 15 is 0 Å². The van der Waals surface area contributed by atoms with Crippen molar-refractivity contribution in [1.82, 2.24) is 0 Å². The smallest absolute Gasteiger partial charge is 0.252 e. The third-order valence-corrected chi connectivity index (χ3v) is 5.67. The predicted molar refractivity (Wildman–Crippen MR) is 85.6 cm³/mol. The van der Waals surface area contributed by atoms with Gasteiger partial charge in [0.1, 0.15) is 22.1 Å². The van der Waals surface area contributed by atoms with Crippen LogP contribution >= 0.6 is 11.6 Å². The Morgan fingerprint density at radius 1 is 1.20 bits per heavy atom. The molecule has 7 nitrogen and oxygen atoms in total. The molecule has 134 valence electrons. The van der Waals surface area contributed by atoms with Crippen molar-refractivity contribution in [2.75, 3.05) is 21.3 Å². The minimum atomic E-state index is -1.49. The van der Waals surface area contributed by atoms with Crippen LogP contribution in [0.15, 0.2) is 6.07 Å². The zero-order valence-electron chi connectivity index (χ0n) is 14.2. The summed E-state index contributed by atoms with van der Waals surface area (Å²) >= 11 is 6.37. The second kappa shape index (κ2) is 5.09. The van der Waals surface area contributed by atoms with Gasteiger partial charge in [-0.05, 0) is 0 Å². The Hall–Kier alpha value is -1.83. The van der Waals surface area contributed by atoms with Gasteiger partial charge in [0.25, 0.3) is 5.79 Å². The van der Waals surface area contributed by atoms with Gasteiger partial charge >= 0.3 is 0 Å². The zero-order valence-corrected chi connectivity index (χ0v) is 14.9. The van der Waals surface area contributed by atoms with E-state index in [0.29, 0.717) is 5.75 Å². The van der Waals surface area contributed by atoms with E-state index in [2.05, 4.69) is 0 Å². The molecule has 0 N–H and O–H groups in total. The molecule has 0 amide bonds. The molecular weight excluding hydrogens is 352 g/mol. The summed E-state index contributed by atoms with van der Waals surface area (Å²) < 4.78 is 27.8. The molecule has 2 heterocycles. The van der Waals surface area contributed by atoms with Gasteiger partial charge < -0.3 is 23.7 Å². The fourth-order valence-corrected chi connectivity index (χ4v) is 4.32. The van der Waals surface area contributed by atoms with Crippen LogP contribution in [0.25, 0.3) is 0 Å². The standard InChI is InChI=1S/C17H17ClO7/c1-7-5-8(19)15-17(23-4,25-15)16(7)14(20)11-9(21-2)6-10(22-3)12(18)13(11)24-16/h6-7,15H,5H2,1-4H3. The molecule has 3 aliphatic rings. The van der Waals surface area contributed by atoms with Crippen LogP contribution in [0.5, 0.6) is 17.2 Å². The summed E-state index contributed by atoms with van der Waals surface area (Å²) in [7, 11) is 4.29. The predicted octanol–water partition coefficient (Wildman–Crippen LogP) is 2.02. The highest BCUT2D eigenvalue weighted by Gasteiger charge is 2.83. The summed E-state index contributed by atoms with van der Waals surface area (Å²) in [6.07, 6.45) is -0.675. The Morgan fingerprint density at radius 3 is 2.48 bits per heavy atom. The number of epoxide rings is 1. The molecule has 0 bridgehead atoms. The number of halogens is 1. The van der Waals surface area contributed by atoms with E-state index in [1.54, 1.807) is 6.92 Å². The number of ether oxygens (including phenoxy) is 5. The van der Waals surface area contributed by atoms with Gasteiger partial charge in [0, 0.05) is 25.5 Å². The lowest BCUT2D eigenvalue weighted by molar-refractivity contribution is -0.154. The minimum absolute atomic E-state index is 0.108. The van der Waals surface area contributed by atoms with Gasteiger partial charge in [0.15, 0.2) is 17.6 Å². The van der Waals surface area contributed by atoms with Crippen LogP contribution < -0.4 is 14.2 Å². The van der Waals surface area contributed by atoms with Crippen molar-refractivity contribution in [2.45, 2.75) is 30.8 Å². The van der Waals surface area contributed by atoms with Crippen molar-refractivity contribution in [3.05, 3.63) is 16.7 Å². The highest BCUT2D eigenvalue weighted by atomic mass is 35.5. The molecule has 4 rings (SSSR count). The van der Waals surface area contributed by atoms with Gasteiger partial charge in [-0.3, -0.25) is 9.59 Å². The Kier molecular flexibility index (Phi) is 3.39. The number of carbonyl (C=O) groups excluding carboxylic acids is 2. The monoisotopic (exact) mass is 368 g/mol. The fraction of sp³-hybridized carbons (Fsp3) is 0.529. The number of hydrogen-bond donors (Lipinski definition) is 0. The highest BCUT2D eigenvalue weighted by Crippen LogP contribution is 2.62. The van der Waals surface area contributed by atoms with E-state index in [4.69, 9.17) is 35.3 Å². The van der Waals surface area contributed by atoms with Crippen LogP contribution in [0.3, 0.4) is 0 Å². The molecule has 1 spiro atoms. The van der Waals surface area contributed by atoms with Crippen LogP contribution in [0.4, 0.5) is 0 Å². The van der Waals surface area contributed by atoms with E-state index in [1.807, 2.05) is 0 Å². The van der Waals surface area contributed by atoms with Crippen molar-refractivity contribution >= 4 is 23.2 Å². The molecule has 4 unspecified atom stereocenters. The topological polar surface area (TPSA) is 83.6 Å². The molecule has 1 aliphatic carbocycles. The Bertz CT molecular complexity index is 807. The lowest BCUT2D eigenvalue weighted by atomic mass is 9.70. The maximum absolute atomic E-state index is 13.4. The van der Waals surface area contributed by atoms with Crippen molar-refractivity contribution in [2.24, 2.45) is 5.92 Å². The van der Waals surface area contributed by atoms with Crippen LogP contribution in [0.2, 0.25) is 5.02 Å². The maximum atomic E-state index is 13.4. The zero-order chi connectivity index (χ0) is 18.1. The van der Waals surface area contributed by atoms with Gasteiger partial charge in [-0.15, -0.1) is 0 Å². The molecule has 2 fully saturated rings. The average molecular weight is 369 g/mol. The van der Waals surface area contributed by atoms with Crippen molar-refractivity contribution in [1.29, 1.82) is 0 Å². The largest absolute Gasteiger partial charge is 0.496 e. The normalized spacial score (nSPS) is 35.2. The summed E-state index contributed by atoms with van der Waals surface area (Å²) in [5.74, 6) is -1.62. The van der Waals surface area contributed by atoms with Gasteiger partial charge in [0.2, 0.25) is 11.4 Å². The van der Waals surface area contributed by atoms with E-state index in [1.165, 1.54) is 27.4 Å². The quantitative estimate of drug-likeness (QED) is 0.754. The van der Waals surface area contributed by atoms with Gasteiger partial charge in [0.05, 0.1) is 14.2 Å². The van der Waals surface area contributed by atoms with Crippen molar-refractivity contribution in [3.63, 3.8) is 0 Å². The molecular formula is C17H17ClO7. The van der Waals surface area contributed by atoms with Crippen LogP contribution in [0, 0.1) is 5.92 Å². The SMILES string of the molecule is COc1cc(OC)c2c(c1Cl)OC1(C2=O)C(C)CC(=O)C2OC21OC. The fourth-order valence-electron chi connectivity index (χ4n) is 4.06.